The molecule has 0 radical (unpaired) electrons. The van der Waals surface area contributed by atoms with Crippen molar-refractivity contribution in [2.45, 2.75) is 42.1 Å². The van der Waals surface area contributed by atoms with Crippen LogP contribution in [0, 0.1) is 0 Å². The molecule has 3 rings (SSSR count). The van der Waals surface area contributed by atoms with E-state index in [9.17, 15) is 21.6 Å². The number of carbonyl (C=O) groups excluding carboxylic acids is 1. The van der Waals surface area contributed by atoms with Crippen molar-refractivity contribution in [3.63, 3.8) is 0 Å². The summed E-state index contributed by atoms with van der Waals surface area (Å²) >= 11 is 0. The Bertz CT molecular complexity index is 1130. The molecule has 1 atom stereocenters. The van der Waals surface area contributed by atoms with Gasteiger partial charge in [-0.3, -0.25) is 4.79 Å². The van der Waals surface area contributed by atoms with E-state index < -0.39 is 37.5 Å². The molecule has 2 aromatic carbocycles. The van der Waals surface area contributed by atoms with Gasteiger partial charge in [0, 0.05) is 25.2 Å². The van der Waals surface area contributed by atoms with Gasteiger partial charge in [-0.2, -0.15) is 8.61 Å². The summed E-state index contributed by atoms with van der Waals surface area (Å²) in [6.45, 7) is 4.88. The molecule has 31 heavy (non-hydrogen) atoms. The lowest BCUT2D eigenvalue weighted by molar-refractivity contribution is -0.127. The summed E-state index contributed by atoms with van der Waals surface area (Å²) in [5, 5.41) is 2.79. The monoisotopic (exact) mass is 465 g/mol. The lowest BCUT2D eigenvalue weighted by Crippen LogP contribution is -2.62. The first kappa shape index (κ1) is 23.4. The van der Waals surface area contributed by atoms with Crippen LogP contribution in [-0.4, -0.2) is 62.6 Å². The molecule has 168 valence electrons. The van der Waals surface area contributed by atoms with Crippen LogP contribution in [0.1, 0.15) is 20.8 Å². The second kappa shape index (κ2) is 8.70. The number of amides is 1. The van der Waals surface area contributed by atoms with Gasteiger partial charge in [-0.1, -0.05) is 36.4 Å². The maximum Gasteiger partial charge on any atom is 0.243 e. The Morgan fingerprint density at radius 3 is 1.81 bits per heavy atom. The number of carbonyl (C=O) groups is 1. The van der Waals surface area contributed by atoms with Gasteiger partial charge in [-0.05, 0) is 45.0 Å². The SMILES string of the molecule is CC(C)(C)NC(=O)[C@@H]1CN(S(=O)(=O)c2ccccc2)CCN1S(=O)(=O)c1ccccc1. The molecule has 1 saturated heterocycles. The second-order valence-electron chi connectivity index (χ2n) is 8.36. The number of hydrogen-bond acceptors (Lipinski definition) is 5. The predicted octanol–water partition coefficient (Wildman–Crippen LogP) is 1.67. The molecule has 1 N–H and O–H groups in total. The highest BCUT2D eigenvalue weighted by molar-refractivity contribution is 7.89. The zero-order valence-corrected chi connectivity index (χ0v) is 19.4. The van der Waals surface area contributed by atoms with Crippen molar-refractivity contribution >= 4 is 26.0 Å². The Kier molecular flexibility index (Phi) is 6.56. The number of nitrogens with one attached hydrogen (secondary N) is 1. The first-order valence-corrected chi connectivity index (χ1v) is 12.7. The van der Waals surface area contributed by atoms with Crippen molar-refractivity contribution in [2.75, 3.05) is 19.6 Å². The van der Waals surface area contributed by atoms with E-state index in [1.54, 1.807) is 57.2 Å². The number of nitrogens with zero attached hydrogens (tertiary/aromatic N) is 2. The molecule has 0 aliphatic carbocycles. The van der Waals surface area contributed by atoms with Crippen molar-refractivity contribution in [3.05, 3.63) is 60.7 Å². The number of benzene rings is 2. The fraction of sp³-hybridized carbons (Fsp3) is 0.381. The average Bonchev–Trinajstić information content (AvgIpc) is 2.73. The van der Waals surface area contributed by atoms with Crippen LogP contribution in [0.2, 0.25) is 0 Å². The molecule has 0 unspecified atom stereocenters. The van der Waals surface area contributed by atoms with E-state index in [1.165, 1.54) is 28.6 Å². The molecule has 1 aliphatic rings. The Balaban J connectivity index is 1.98. The summed E-state index contributed by atoms with van der Waals surface area (Å²) in [5.41, 5.74) is -0.611. The van der Waals surface area contributed by atoms with Crippen molar-refractivity contribution < 1.29 is 21.6 Å². The van der Waals surface area contributed by atoms with E-state index in [0.29, 0.717) is 0 Å². The molecule has 0 spiro atoms. The van der Waals surface area contributed by atoms with Gasteiger partial charge < -0.3 is 5.32 Å². The van der Waals surface area contributed by atoms with Crippen LogP contribution in [0.3, 0.4) is 0 Å². The Hall–Kier alpha value is -2.27. The van der Waals surface area contributed by atoms with Crippen LogP contribution >= 0.6 is 0 Å². The molecule has 0 saturated carbocycles. The van der Waals surface area contributed by atoms with Crippen molar-refractivity contribution in [1.29, 1.82) is 0 Å². The number of piperazine rings is 1. The second-order valence-corrected chi connectivity index (χ2v) is 12.2. The summed E-state index contributed by atoms with van der Waals surface area (Å²) in [7, 11) is -7.87. The van der Waals surface area contributed by atoms with E-state index in [-0.39, 0.29) is 29.4 Å². The molecular weight excluding hydrogens is 438 g/mol. The predicted molar refractivity (Wildman–Crippen MR) is 117 cm³/mol. The zero-order chi connectivity index (χ0) is 22.9. The van der Waals surface area contributed by atoms with Crippen LogP contribution in [0.15, 0.2) is 70.5 Å². The fourth-order valence-corrected chi connectivity index (χ4v) is 6.43. The molecule has 0 aromatic heterocycles. The molecule has 1 amide bonds. The normalized spacial score (nSPS) is 19.1. The molecule has 1 heterocycles. The standard InChI is InChI=1S/C21H27N3O5S2/c1-21(2,3)22-20(25)19-16-23(30(26,27)17-10-6-4-7-11-17)14-15-24(19)31(28,29)18-12-8-5-9-13-18/h4-13,19H,14-16H2,1-3H3,(H,22,25)/t19-/m0/s1. The minimum Gasteiger partial charge on any atom is -0.350 e. The van der Waals surface area contributed by atoms with Crippen LogP contribution in [-0.2, 0) is 24.8 Å². The Morgan fingerprint density at radius 2 is 1.32 bits per heavy atom. The van der Waals surface area contributed by atoms with Crippen LogP contribution < -0.4 is 5.32 Å². The minimum atomic E-state index is -3.99. The smallest absolute Gasteiger partial charge is 0.243 e. The van der Waals surface area contributed by atoms with Crippen molar-refractivity contribution in [3.8, 4) is 0 Å². The third-order valence-electron chi connectivity index (χ3n) is 4.83. The maximum absolute atomic E-state index is 13.3. The molecule has 2 aromatic rings. The topological polar surface area (TPSA) is 104 Å². The van der Waals surface area contributed by atoms with Crippen LogP contribution in [0.25, 0.3) is 0 Å². The van der Waals surface area contributed by atoms with Crippen LogP contribution in [0.5, 0.6) is 0 Å². The Morgan fingerprint density at radius 1 is 0.839 bits per heavy atom. The molecule has 0 bridgehead atoms. The van der Waals surface area contributed by atoms with Crippen molar-refractivity contribution in [1.82, 2.24) is 13.9 Å². The lowest BCUT2D eigenvalue weighted by atomic mass is 10.1. The fourth-order valence-electron chi connectivity index (χ4n) is 3.38. The minimum absolute atomic E-state index is 0.0530. The molecule has 1 fully saturated rings. The van der Waals surface area contributed by atoms with E-state index >= 15 is 0 Å². The average molecular weight is 466 g/mol. The summed E-state index contributed by atoms with van der Waals surface area (Å²) in [6, 6.07) is 14.5. The van der Waals surface area contributed by atoms with Gasteiger partial charge in [0.1, 0.15) is 6.04 Å². The lowest BCUT2D eigenvalue weighted by Gasteiger charge is -2.40. The highest BCUT2D eigenvalue weighted by atomic mass is 32.2. The first-order chi connectivity index (χ1) is 14.4. The number of hydrogen-bond donors (Lipinski definition) is 1. The van der Waals surface area contributed by atoms with E-state index in [0.717, 1.165) is 4.31 Å². The van der Waals surface area contributed by atoms with Gasteiger partial charge >= 0.3 is 0 Å². The molecular formula is C21H27N3O5S2. The molecule has 8 nitrogen and oxygen atoms in total. The third-order valence-corrected chi connectivity index (χ3v) is 8.63. The highest BCUT2D eigenvalue weighted by Gasteiger charge is 2.43. The van der Waals surface area contributed by atoms with Gasteiger partial charge in [0.25, 0.3) is 0 Å². The van der Waals surface area contributed by atoms with Gasteiger partial charge in [0.15, 0.2) is 0 Å². The summed E-state index contributed by atoms with van der Waals surface area (Å²) in [4.78, 5) is 13.2. The van der Waals surface area contributed by atoms with E-state index in [4.69, 9.17) is 0 Å². The third kappa shape index (κ3) is 5.15. The Labute approximate surface area is 184 Å². The first-order valence-electron chi connectivity index (χ1n) is 9.87. The van der Waals surface area contributed by atoms with Gasteiger partial charge in [-0.15, -0.1) is 0 Å². The van der Waals surface area contributed by atoms with Gasteiger partial charge in [-0.25, -0.2) is 16.8 Å². The largest absolute Gasteiger partial charge is 0.350 e. The number of sulfonamides is 2. The van der Waals surface area contributed by atoms with Gasteiger partial charge in [0.2, 0.25) is 26.0 Å². The highest BCUT2D eigenvalue weighted by Crippen LogP contribution is 2.25. The molecule has 1 aliphatic heterocycles. The summed E-state index contributed by atoms with van der Waals surface area (Å²) in [6.07, 6.45) is 0. The van der Waals surface area contributed by atoms with Crippen LogP contribution in [0.4, 0.5) is 0 Å². The summed E-state index contributed by atoms with van der Waals surface area (Å²) < 4.78 is 55.0. The maximum atomic E-state index is 13.3. The zero-order valence-electron chi connectivity index (χ0n) is 17.7. The summed E-state index contributed by atoms with van der Waals surface area (Å²) in [5.74, 6) is -0.542. The molecule has 10 heteroatoms. The van der Waals surface area contributed by atoms with Gasteiger partial charge in [0.05, 0.1) is 9.79 Å². The number of rotatable bonds is 5. The van der Waals surface area contributed by atoms with E-state index in [1.807, 2.05) is 0 Å². The quantitative estimate of drug-likeness (QED) is 0.723. The van der Waals surface area contributed by atoms with Crippen molar-refractivity contribution in [2.24, 2.45) is 0 Å². The van der Waals surface area contributed by atoms with E-state index in [2.05, 4.69) is 5.32 Å².